The Morgan fingerprint density at radius 2 is 1.94 bits per heavy atom. The quantitative estimate of drug-likeness (QED) is 0.630. The van der Waals surface area contributed by atoms with Crippen LogP contribution in [0.2, 0.25) is 0 Å². The minimum Gasteiger partial charge on any atom is -0.352 e. The van der Waals surface area contributed by atoms with Crippen LogP contribution in [0.25, 0.3) is 0 Å². The fourth-order valence-electron chi connectivity index (χ4n) is 4.64. The minimum atomic E-state index is 0.108. The number of hydrogen-bond donors (Lipinski definition) is 1. The van der Waals surface area contributed by atoms with E-state index >= 15 is 0 Å². The molecule has 0 spiro atoms. The highest BCUT2D eigenvalue weighted by Gasteiger charge is 2.19. The molecule has 1 N–H and O–H groups in total. The molecule has 31 heavy (non-hydrogen) atoms. The van der Waals surface area contributed by atoms with Crippen molar-refractivity contribution in [2.24, 2.45) is 5.92 Å². The summed E-state index contributed by atoms with van der Waals surface area (Å²) in [6, 6.07) is 9.17. The normalized spacial score (nSPS) is 17.3. The van der Waals surface area contributed by atoms with Crippen molar-refractivity contribution in [3.05, 3.63) is 52.3 Å². The third kappa shape index (κ3) is 6.42. The smallest absolute Gasteiger partial charge is 0.220 e. The van der Waals surface area contributed by atoms with Crippen molar-refractivity contribution in [3.8, 4) is 0 Å². The van der Waals surface area contributed by atoms with Gasteiger partial charge in [-0.2, -0.15) is 5.10 Å². The molecule has 5 nitrogen and oxygen atoms in total. The van der Waals surface area contributed by atoms with E-state index in [1.165, 1.54) is 48.2 Å². The van der Waals surface area contributed by atoms with Crippen LogP contribution < -0.4 is 5.32 Å². The van der Waals surface area contributed by atoms with E-state index in [0.717, 1.165) is 25.2 Å². The van der Waals surface area contributed by atoms with Gasteiger partial charge in [-0.05, 0) is 69.2 Å². The van der Waals surface area contributed by atoms with Gasteiger partial charge in [-0.3, -0.25) is 14.4 Å². The molecule has 1 aliphatic rings. The van der Waals surface area contributed by atoms with E-state index in [-0.39, 0.29) is 5.91 Å². The van der Waals surface area contributed by atoms with Gasteiger partial charge in [0.1, 0.15) is 0 Å². The Morgan fingerprint density at radius 3 is 2.65 bits per heavy atom. The topological polar surface area (TPSA) is 50.2 Å². The van der Waals surface area contributed by atoms with E-state index in [2.05, 4.69) is 78.9 Å². The molecule has 1 aromatic carbocycles. The van der Waals surface area contributed by atoms with Gasteiger partial charge in [-0.25, -0.2) is 0 Å². The molecule has 1 aromatic heterocycles. The van der Waals surface area contributed by atoms with Gasteiger partial charge in [-0.1, -0.05) is 44.5 Å². The summed E-state index contributed by atoms with van der Waals surface area (Å²) in [7, 11) is 0. The van der Waals surface area contributed by atoms with Crippen molar-refractivity contribution < 1.29 is 4.79 Å². The van der Waals surface area contributed by atoms with Crippen LogP contribution in [0.1, 0.15) is 74.5 Å². The zero-order valence-electron chi connectivity index (χ0n) is 20.1. The fraction of sp³-hybridized carbons (Fsp3) is 0.615. The van der Waals surface area contributed by atoms with E-state index < -0.39 is 0 Å². The first-order valence-corrected chi connectivity index (χ1v) is 12.0. The van der Waals surface area contributed by atoms with Gasteiger partial charge >= 0.3 is 0 Å². The van der Waals surface area contributed by atoms with Crippen molar-refractivity contribution in [2.75, 3.05) is 6.54 Å². The Bertz CT molecular complexity index is 870. The molecule has 0 bridgehead atoms. The van der Waals surface area contributed by atoms with Crippen LogP contribution in [0.3, 0.4) is 0 Å². The Labute approximate surface area is 188 Å². The summed E-state index contributed by atoms with van der Waals surface area (Å²) >= 11 is 0. The third-order valence-corrected chi connectivity index (χ3v) is 6.58. The minimum absolute atomic E-state index is 0.108. The number of nitrogens with one attached hydrogen (secondary N) is 1. The van der Waals surface area contributed by atoms with Crippen LogP contribution in [0.4, 0.5) is 0 Å². The van der Waals surface area contributed by atoms with Crippen molar-refractivity contribution in [1.29, 1.82) is 0 Å². The number of carbonyl (C=O) groups excluding carboxylic acids is 1. The summed E-state index contributed by atoms with van der Waals surface area (Å²) in [4.78, 5) is 15.2. The predicted molar refractivity (Wildman–Crippen MR) is 127 cm³/mol. The number of likely N-dealkylation sites (tertiary alicyclic amines) is 1. The van der Waals surface area contributed by atoms with Crippen molar-refractivity contribution in [1.82, 2.24) is 20.0 Å². The highest BCUT2D eigenvalue weighted by Crippen LogP contribution is 2.21. The van der Waals surface area contributed by atoms with Crippen molar-refractivity contribution >= 4 is 5.91 Å². The van der Waals surface area contributed by atoms with E-state index in [9.17, 15) is 4.79 Å². The molecule has 1 atom stereocenters. The lowest BCUT2D eigenvalue weighted by molar-refractivity contribution is -0.121. The first-order chi connectivity index (χ1) is 14.8. The molecule has 0 radical (unpaired) electrons. The number of aryl methyl sites for hydroxylation is 1. The number of rotatable bonds is 9. The maximum Gasteiger partial charge on any atom is 0.220 e. The highest BCUT2D eigenvalue weighted by atomic mass is 16.1. The second-order valence-electron chi connectivity index (χ2n) is 9.59. The van der Waals surface area contributed by atoms with E-state index in [1.807, 2.05) is 0 Å². The van der Waals surface area contributed by atoms with Gasteiger partial charge in [0.25, 0.3) is 0 Å². The van der Waals surface area contributed by atoms with E-state index in [4.69, 9.17) is 0 Å². The summed E-state index contributed by atoms with van der Waals surface area (Å²) in [5.74, 6) is 0.665. The van der Waals surface area contributed by atoms with Crippen LogP contribution in [-0.4, -0.2) is 33.2 Å². The molecule has 170 valence electrons. The predicted octanol–water partition coefficient (Wildman–Crippen LogP) is 4.78. The summed E-state index contributed by atoms with van der Waals surface area (Å²) in [6.07, 6.45) is 5.15. The van der Waals surface area contributed by atoms with Gasteiger partial charge in [0.05, 0.1) is 5.69 Å². The number of carbonyl (C=O) groups is 1. The standard InChI is InChI=1S/C26H40N4O/c1-19(2)17-30-22(5)25(21(4)28-30)13-14-26(31)27-16-23-11-6-7-12-24(23)18-29-15-9-8-10-20(29)3/h6-7,11-12,19-20H,8-10,13-18H2,1-5H3,(H,27,31). The molecule has 1 saturated heterocycles. The lowest BCUT2D eigenvalue weighted by Crippen LogP contribution is -2.37. The van der Waals surface area contributed by atoms with Gasteiger partial charge in [0.15, 0.2) is 0 Å². The largest absolute Gasteiger partial charge is 0.352 e. The molecule has 2 heterocycles. The zero-order valence-corrected chi connectivity index (χ0v) is 20.1. The molecule has 3 rings (SSSR count). The molecule has 2 aromatic rings. The lowest BCUT2D eigenvalue weighted by atomic mass is 10.0. The summed E-state index contributed by atoms with van der Waals surface area (Å²) < 4.78 is 2.09. The van der Waals surface area contributed by atoms with Crippen molar-refractivity contribution in [2.45, 2.75) is 92.4 Å². The number of aromatic nitrogens is 2. The van der Waals surface area contributed by atoms with Crippen LogP contribution in [0.5, 0.6) is 0 Å². The molecule has 1 unspecified atom stereocenters. The Hall–Kier alpha value is -2.14. The fourth-order valence-corrected chi connectivity index (χ4v) is 4.64. The van der Waals surface area contributed by atoms with Crippen LogP contribution >= 0.6 is 0 Å². The second kappa shape index (κ2) is 10.9. The number of amides is 1. The molecule has 0 aliphatic carbocycles. The van der Waals surface area contributed by atoms with E-state index in [1.54, 1.807) is 0 Å². The maximum absolute atomic E-state index is 12.6. The van der Waals surface area contributed by atoms with Gasteiger partial charge < -0.3 is 5.32 Å². The molecular weight excluding hydrogens is 384 g/mol. The molecule has 1 aliphatic heterocycles. The summed E-state index contributed by atoms with van der Waals surface area (Å²) in [5.41, 5.74) is 6.02. The van der Waals surface area contributed by atoms with Crippen LogP contribution in [-0.2, 0) is 30.8 Å². The Balaban J connectivity index is 1.54. The first-order valence-electron chi connectivity index (χ1n) is 12.0. The van der Waals surface area contributed by atoms with Gasteiger partial charge in [0.2, 0.25) is 5.91 Å². The first kappa shape index (κ1) is 23.5. The zero-order chi connectivity index (χ0) is 22.4. The molecule has 5 heteroatoms. The third-order valence-electron chi connectivity index (χ3n) is 6.58. The number of nitrogens with zero attached hydrogens (tertiary/aromatic N) is 3. The van der Waals surface area contributed by atoms with Crippen LogP contribution in [0, 0.1) is 19.8 Å². The molecular formula is C26H40N4O. The van der Waals surface area contributed by atoms with E-state index in [0.29, 0.717) is 24.9 Å². The summed E-state index contributed by atoms with van der Waals surface area (Å²) in [5, 5.41) is 7.83. The lowest BCUT2D eigenvalue weighted by Gasteiger charge is -2.33. The SMILES string of the molecule is Cc1nn(CC(C)C)c(C)c1CCC(=O)NCc1ccccc1CN1CCCCC1C. The number of piperidine rings is 1. The molecule has 0 saturated carbocycles. The molecule has 1 fully saturated rings. The highest BCUT2D eigenvalue weighted by molar-refractivity contribution is 5.76. The van der Waals surface area contributed by atoms with Crippen LogP contribution in [0.15, 0.2) is 24.3 Å². The Kier molecular flexibility index (Phi) is 8.30. The Morgan fingerprint density at radius 1 is 1.19 bits per heavy atom. The monoisotopic (exact) mass is 424 g/mol. The average molecular weight is 425 g/mol. The second-order valence-corrected chi connectivity index (χ2v) is 9.59. The molecule has 1 amide bonds. The number of benzene rings is 1. The average Bonchev–Trinajstić information content (AvgIpc) is 2.99. The summed E-state index contributed by atoms with van der Waals surface area (Å²) in [6.45, 7) is 14.6. The maximum atomic E-state index is 12.6. The van der Waals surface area contributed by atoms with Gasteiger partial charge in [0, 0.05) is 37.8 Å². The van der Waals surface area contributed by atoms with Gasteiger partial charge in [-0.15, -0.1) is 0 Å². The number of hydrogen-bond acceptors (Lipinski definition) is 3. The van der Waals surface area contributed by atoms with Crippen molar-refractivity contribution in [3.63, 3.8) is 0 Å².